The minimum Gasteiger partial charge on any atom is -0.354 e. The van der Waals surface area contributed by atoms with E-state index < -0.39 is 43.6 Å². The highest BCUT2D eigenvalue weighted by Crippen LogP contribution is 2.09. The predicted molar refractivity (Wildman–Crippen MR) is 104 cm³/mol. The molecule has 0 aliphatic rings. The van der Waals surface area contributed by atoms with Crippen molar-refractivity contribution < 1.29 is 35.5 Å². The lowest BCUT2D eigenvalue weighted by molar-refractivity contribution is -0.126. The first-order chi connectivity index (χ1) is 12.8. The Morgan fingerprint density at radius 1 is 0.893 bits per heavy atom. The van der Waals surface area contributed by atoms with Gasteiger partial charge in [0.25, 0.3) is 20.2 Å². The molecule has 0 heterocycles. The molecule has 13 heteroatoms. The van der Waals surface area contributed by atoms with Crippen molar-refractivity contribution in [2.24, 2.45) is 0 Å². The minimum atomic E-state index is -4.18. The van der Waals surface area contributed by atoms with Gasteiger partial charge in [0.1, 0.15) is 0 Å². The Hall–Kier alpha value is -1.28. The Labute approximate surface area is 166 Å². The highest BCUT2D eigenvalue weighted by atomic mass is 32.2. The molecule has 2 amide bonds. The van der Waals surface area contributed by atoms with Crippen LogP contribution in [0.25, 0.3) is 0 Å². The fourth-order valence-electron chi connectivity index (χ4n) is 2.36. The molecule has 0 bridgehead atoms. The van der Waals surface area contributed by atoms with Crippen LogP contribution in [-0.2, 0) is 29.8 Å². The van der Waals surface area contributed by atoms with Crippen LogP contribution in [0, 0.1) is 0 Å². The average molecular weight is 446 g/mol. The molecule has 1 unspecified atom stereocenters. The van der Waals surface area contributed by atoms with Gasteiger partial charge in [-0.15, -0.1) is 0 Å². The lowest BCUT2D eigenvalue weighted by Gasteiger charge is -2.28. The van der Waals surface area contributed by atoms with Gasteiger partial charge in [0.15, 0.2) is 0 Å². The van der Waals surface area contributed by atoms with Gasteiger partial charge in [-0.05, 0) is 13.3 Å². The summed E-state index contributed by atoms with van der Waals surface area (Å²) in [5.41, 5.74) is 0. The first kappa shape index (κ1) is 26.7. The van der Waals surface area contributed by atoms with E-state index in [-0.39, 0.29) is 32.2 Å². The fourth-order valence-corrected chi connectivity index (χ4v) is 3.08. The Kier molecular flexibility index (Phi) is 12.4. The molecule has 0 saturated heterocycles. The van der Waals surface area contributed by atoms with Crippen molar-refractivity contribution in [1.82, 2.24) is 15.5 Å². The molecule has 0 rings (SSSR count). The highest BCUT2D eigenvalue weighted by molar-refractivity contribution is 7.86. The smallest absolute Gasteiger partial charge is 0.266 e. The zero-order valence-corrected chi connectivity index (χ0v) is 17.9. The maximum atomic E-state index is 12.0. The van der Waals surface area contributed by atoms with Gasteiger partial charge in [0.05, 0.1) is 24.6 Å². The zero-order valence-electron chi connectivity index (χ0n) is 16.3. The summed E-state index contributed by atoms with van der Waals surface area (Å²) in [6.07, 6.45) is 3.66. The molecule has 11 nitrogen and oxygen atoms in total. The van der Waals surface area contributed by atoms with Crippen LogP contribution in [0.4, 0.5) is 0 Å². The van der Waals surface area contributed by atoms with E-state index in [9.17, 15) is 26.4 Å². The Bertz CT molecular complexity index is 642. The summed E-state index contributed by atoms with van der Waals surface area (Å²) in [7, 11) is -8.37. The van der Waals surface area contributed by atoms with Gasteiger partial charge in [-0.3, -0.25) is 23.6 Å². The summed E-state index contributed by atoms with van der Waals surface area (Å²) in [5.74, 6) is -2.23. The van der Waals surface area contributed by atoms with Crippen LogP contribution in [0.3, 0.4) is 0 Å². The van der Waals surface area contributed by atoms with Gasteiger partial charge in [-0.1, -0.05) is 26.2 Å². The molecule has 1 atom stereocenters. The van der Waals surface area contributed by atoms with Crippen molar-refractivity contribution in [1.29, 1.82) is 0 Å². The number of hydrogen-bond donors (Lipinski definition) is 4. The van der Waals surface area contributed by atoms with Crippen molar-refractivity contribution in [3.8, 4) is 0 Å². The minimum absolute atomic E-state index is 0.119. The molecule has 0 saturated carbocycles. The van der Waals surface area contributed by atoms with Crippen molar-refractivity contribution >= 4 is 32.1 Å². The third kappa shape index (κ3) is 15.7. The number of amides is 2. The van der Waals surface area contributed by atoms with E-state index in [4.69, 9.17) is 9.11 Å². The number of hydrogen-bond acceptors (Lipinski definition) is 7. The van der Waals surface area contributed by atoms with Crippen LogP contribution in [0.2, 0.25) is 0 Å². The third-order valence-electron chi connectivity index (χ3n) is 3.91. The quantitative estimate of drug-likeness (QED) is 0.187. The van der Waals surface area contributed by atoms with Crippen molar-refractivity contribution in [3.63, 3.8) is 0 Å². The monoisotopic (exact) mass is 445 g/mol. The van der Waals surface area contributed by atoms with E-state index in [2.05, 4.69) is 10.6 Å². The van der Waals surface area contributed by atoms with Gasteiger partial charge >= 0.3 is 0 Å². The van der Waals surface area contributed by atoms with E-state index in [0.29, 0.717) is 0 Å². The maximum Gasteiger partial charge on any atom is 0.266 e. The second-order valence-corrected chi connectivity index (χ2v) is 9.67. The van der Waals surface area contributed by atoms with Crippen LogP contribution in [0.15, 0.2) is 0 Å². The number of carbonyl (C=O) groups excluding carboxylic acids is 2. The summed E-state index contributed by atoms with van der Waals surface area (Å²) in [5, 5.41) is 4.73. The second-order valence-electron chi connectivity index (χ2n) is 6.52. The molecule has 0 radical (unpaired) electrons. The van der Waals surface area contributed by atoms with Crippen LogP contribution in [0.5, 0.6) is 0 Å². The molecule has 0 aromatic heterocycles. The standard InChI is InChI=1S/C15H31N3O8S2/c1-3-4-5-6-13(2)18(11-14(19)16-7-9-27(21,22)23)12-15(20)17-8-10-28(24,25)26/h13H,3-12H2,1-2H3,(H,16,19)(H,17,20)(H,21,22,23)(H,24,25,26). The molecular formula is C15H31N3O8S2. The molecule has 0 aromatic rings. The largest absolute Gasteiger partial charge is 0.354 e. The number of unbranched alkanes of at least 4 members (excludes halogenated alkanes) is 2. The SMILES string of the molecule is CCCCCC(C)N(CC(=O)NCCS(=O)(=O)O)CC(=O)NCCS(=O)(=O)O. The van der Waals surface area contributed by atoms with E-state index in [1.54, 1.807) is 4.90 Å². The number of rotatable bonds is 15. The maximum absolute atomic E-state index is 12.0. The summed E-state index contributed by atoms with van der Waals surface area (Å²) in [4.78, 5) is 25.7. The topological polar surface area (TPSA) is 170 Å². The van der Waals surface area contributed by atoms with Crippen molar-refractivity contribution in [3.05, 3.63) is 0 Å². The molecule has 0 aromatic carbocycles. The second kappa shape index (κ2) is 13.0. The molecule has 4 N–H and O–H groups in total. The summed E-state index contributed by atoms with van der Waals surface area (Å²) in [6.45, 7) is 3.07. The van der Waals surface area contributed by atoms with Gasteiger partial charge < -0.3 is 10.6 Å². The van der Waals surface area contributed by atoms with Gasteiger partial charge in [0.2, 0.25) is 11.8 Å². The Balaban J connectivity index is 4.71. The summed E-state index contributed by atoms with van der Waals surface area (Å²) < 4.78 is 60.1. The predicted octanol–water partition coefficient (Wildman–Crippen LogP) is -0.735. The number of nitrogens with one attached hydrogen (secondary N) is 2. The van der Waals surface area contributed by atoms with E-state index >= 15 is 0 Å². The van der Waals surface area contributed by atoms with Crippen LogP contribution in [0.1, 0.15) is 39.5 Å². The normalized spacial score (nSPS) is 13.3. The van der Waals surface area contributed by atoms with Crippen molar-refractivity contribution in [2.45, 2.75) is 45.6 Å². The zero-order chi connectivity index (χ0) is 21.8. The number of nitrogens with zero attached hydrogens (tertiary/aromatic N) is 1. The summed E-state index contributed by atoms with van der Waals surface area (Å²) in [6, 6.07) is -0.119. The van der Waals surface area contributed by atoms with Crippen LogP contribution < -0.4 is 10.6 Å². The van der Waals surface area contributed by atoms with E-state index in [1.165, 1.54) is 0 Å². The summed E-state index contributed by atoms with van der Waals surface area (Å²) >= 11 is 0. The lowest BCUT2D eigenvalue weighted by Crippen LogP contribution is -2.47. The van der Waals surface area contributed by atoms with E-state index in [1.807, 2.05) is 13.8 Å². The Morgan fingerprint density at radius 3 is 1.68 bits per heavy atom. The van der Waals surface area contributed by atoms with E-state index in [0.717, 1.165) is 25.7 Å². The molecule has 166 valence electrons. The molecule has 0 aliphatic carbocycles. The lowest BCUT2D eigenvalue weighted by atomic mass is 10.1. The van der Waals surface area contributed by atoms with Crippen molar-refractivity contribution in [2.75, 3.05) is 37.7 Å². The van der Waals surface area contributed by atoms with Gasteiger partial charge in [-0.25, -0.2) is 0 Å². The number of carbonyl (C=O) groups is 2. The Morgan fingerprint density at radius 2 is 1.32 bits per heavy atom. The van der Waals surface area contributed by atoms with Gasteiger partial charge in [0, 0.05) is 19.1 Å². The third-order valence-corrected chi connectivity index (χ3v) is 5.35. The van der Waals surface area contributed by atoms with Crippen LogP contribution in [-0.4, -0.2) is 86.4 Å². The average Bonchev–Trinajstić information content (AvgIpc) is 2.51. The first-order valence-corrected chi connectivity index (χ1v) is 12.2. The van der Waals surface area contributed by atoms with Gasteiger partial charge in [-0.2, -0.15) is 16.8 Å². The highest BCUT2D eigenvalue weighted by Gasteiger charge is 2.20. The first-order valence-electron chi connectivity index (χ1n) is 9.01. The molecule has 28 heavy (non-hydrogen) atoms. The molecule has 0 spiro atoms. The molecular weight excluding hydrogens is 414 g/mol. The van der Waals surface area contributed by atoms with Crippen LogP contribution >= 0.6 is 0 Å². The fraction of sp³-hybridized carbons (Fsp3) is 0.867. The molecule has 0 aliphatic heterocycles. The molecule has 0 fully saturated rings.